The van der Waals surface area contributed by atoms with E-state index in [0.29, 0.717) is 23.4 Å². The van der Waals surface area contributed by atoms with Crippen LogP contribution in [0.5, 0.6) is 11.6 Å². The highest BCUT2D eigenvalue weighted by Gasteiger charge is 2.12. The largest absolute Gasteiger partial charge is 0.483 e. The third kappa shape index (κ3) is 3.57. The maximum absolute atomic E-state index is 12.2. The van der Waals surface area contributed by atoms with E-state index >= 15 is 0 Å². The molecular formula is C19H21N3O3. The van der Waals surface area contributed by atoms with Gasteiger partial charge in [0.1, 0.15) is 11.4 Å². The highest BCUT2D eigenvalue weighted by Crippen LogP contribution is 2.28. The number of aromatic nitrogens is 2. The molecule has 1 N–H and O–H groups in total. The molecule has 0 fully saturated rings. The second-order valence-electron chi connectivity index (χ2n) is 5.90. The van der Waals surface area contributed by atoms with Gasteiger partial charge >= 0.3 is 0 Å². The van der Waals surface area contributed by atoms with Crippen LogP contribution in [0.3, 0.4) is 0 Å². The highest BCUT2D eigenvalue weighted by molar-refractivity contribution is 5.93. The number of hydrogen-bond donors (Lipinski definition) is 1. The Morgan fingerprint density at radius 3 is 2.84 bits per heavy atom. The number of anilines is 1. The summed E-state index contributed by atoms with van der Waals surface area (Å²) in [6.07, 6.45) is 3.63. The van der Waals surface area contributed by atoms with Crippen molar-refractivity contribution in [3.63, 3.8) is 0 Å². The van der Waals surface area contributed by atoms with Crippen molar-refractivity contribution in [1.82, 2.24) is 9.55 Å². The smallest absolute Gasteiger partial charge is 0.262 e. The summed E-state index contributed by atoms with van der Waals surface area (Å²) in [5.41, 5.74) is 1.60. The predicted molar refractivity (Wildman–Crippen MR) is 97.2 cm³/mol. The summed E-state index contributed by atoms with van der Waals surface area (Å²) < 4.78 is 13.0. The monoisotopic (exact) mass is 339 g/mol. The van der Waals surface area contributed by atoms with Crippen LogP contribution in [0.4, 0.5) is 5.69 Å². The lowest BCUT2D eigenvalue weighted by molar-refractivity contribution is -0.118. The van der Waals surface area contributed by atoms with Crippen LogP contribution >= 0.6 is 0 Å². The Labute approximate surface area is 146 Å². The van der Waals surface area contributed by atoms with Gasteiger partial charge in [-0.1, -0.05) is 6.07 Å². The summed E-state index contributed by atoms with van der Waals surface area (Å²) in [6.45, 7) is 4.16. The summed E-state index contributed by atoms with van der Waals surface area (Å²) in [7, 11) is 1.51. The van der Waals surface area contributed by atoms with Crippen molar-refractivity contribution in [3.05, 3.63) is 48.8 Å². The third-order valence-corrected chi connectivity index (χ3v) is 3.88. The number of benzene rings is 1. The molecule has 0 aliphatic rings. The van der Waals surface area contributed by atoms with Crippen LogP contribution in [-0.4, -0.2) is 29.2 Å². The molecule has 3 rings (SSSR count). The summed E-state index contributed by atoms with van der Waals surface area (Å²) >= 11 is 0. The fraction of sp³-hybridized carbons (Fsp3) is 0.263. The van der Waals surface area contributed by atoms with Gasteiger partial charge in [0.25, 0.3) is 5.91 Å². The molecule has 0 bridgehead atoms. The van der Waals surface area contributed by atoms with Gasteiger partial charge in [0.2, 0.25) is 5.88 Å². The maximum Gasteiger partial charge on any atom is 0.262 e. The first-order valence-corrected chi connectivity index (χ1v) is 8.11. The quantitative estimate of drug-likeness (QED) is 0.744. The number of carbonyl (C=O) groups excluding carboxylic acids is 1. The molecule has 0 aliphatic carbocycles. The second-order valence-corrected chi connectivity index (χ2v) is 5.90. The van der Waals surface area contributed by atoms with Gasteiger partial charge in [0, 0.05) is 23.8 Å². The fourth-order valence-electron chi connectivity index (χ4n) is 2.71. The molecule has 0 spiro atoms. The molecule has 2 aromatic heterocycles. The molecule has 0 saturated carbocycles. The van der Waals surface area contributed by atoms with Crippen LogP contribution in [0, 0.1) is 0 Å². The predicted octanol–water partition coefficient (Wildman–Crippen LogP) is 3.64. The van der Waals surface area contributed by atoms with Crippen molar-refractivity contribution in [1.29, 1.82) is 0 Å². The summed E-state index contributed by atoms with van der Waals surface area (Å²) in [5, 5.41) is 3.74. The molecule has 0 saturated heterocycles. The Kier molecular flexibility index (Phi) is 4.88. The zero-order valence-corrected chi connectivity index (χ0v) is 14.5. The van der Waals surface area contributed by atoms with Crippen LogP contribution in [0.25, 0.3) is 10.9 Å². The van der Waals surface area contributed by atoms with Gasteiger partial charge in [0.05, 0.1) is 12.6 Å². The minimum atomic E-state index is -0.272. The third-order valence-electron chi connectivity index (χ3n) is 3.88. The summed E-state index contributed by atoms with van der Waals surface area (Å²) in [5.74, 6) is 0.781. The van der Waals surface area contributed by atoms with Crippen molar-refractivity contribution in [2.24, 2.45) is 0 Å². The Bertz CT molecular complexity index is 887. The molecule has 0 atom stereocenters. The van der Waals surface area contributed by atoms with Crippen molar-refractivity contribution in [2.75, 3.05) is 19.0 Å². The summed E-state index contributed by atoms with van der Waals surface area (Å²) in [4.78, 5) is 16.2. The van der Waals surface area contributed by atoms with Gasteiger partial charge in [0.15, 0.2) is 6.61 Å². The molecule has 25 heavy (non-hydrogen) atoms. The van der Waals surface area contributed by atoms with Crippen molar-refractivity contribution in [3.8, 4) is 11.6 Å². The molecule has 6 nitrogen and oxygen atoms in total. The lowest BCUT2D eigenvalue weighted by Crippen LogP contribution is -2.20. The van der Waals surface area contributed by atoms with E-state index in [2.05, 4.69) is 28.7 Å². The second kappa shape index (κ2) is 7.25. The van der Waals surface area contributed by atoms with Crippen molar-refractivity contribution < 1.29 is 14.3 Å². The molecule has 0 unspecified atom stereocenters. The highest BCUT2D eigenvalue weighted by atomic mass is 16.5. The summed E-state index contributed by atoms with van der Waals surface area (Å²) in [6, 6.07) is 11.7. The molecule has 6 heteroatoms. The topological polar surface area (TPSA) is 65.4 Å². The van der Waals surface area contributed by atoms with E-state index < -0.39 is 0 Å². The zero-order valence-electron chi connectivity index (χ0n) is 14.5. The van der Waals surface area contributed by atoms with Gasteiger partial charge in [-0.2, -0.15) is 0 Å². The SMILES string of the molecule is COc1ncccc1NC(=O)COc1cccc2c1ccn2C(C)C. The Hall–Kier alpha value is -3.02. The number of methoxy groups -OCH3 is 1. The van der Waals surface area contributed by atoms with Gasteiger partial charge in [-0.25, -0.2) is 4.98 Å². The van der Waals surface area contributed by atoms with E-state index in [1.807, 2.05) is 30.5 Å². The van der Waals surface area contributed by atoms with E-state index in [-0.39, 0.29) is 12.5 Å². The maximum atomic E-state index is 12.2. The number of pyridine rings is 1. The zero-order chi connectivity index (χ0) is 17.8. The first-order chi connectivity index (χ1) is 12.1. The molecule has 3 aromatic rings. The average Bonchev–Trinajstić information content (AvgIpc) is 3.05. The molecular weight excluding hydrogens is 318 g/mol. The lowest BCUT2D eigenvalue weighted by Gasteiger charge is -2.12. The van der Waals surface area contributed by atoms with E-state index in [4.69, 9.17) is 9.47 Å². The standard InChI is InChI=1S/C19H21N3O3/c1-13(2)22-11-9-14-16(22)7-4-8-17(14)25-12-18(23)21-15-6-5-10-20-19(15)24-3/h4-11,13H,12H2,1-3H3,(H,21,23). The van der Waals surface area contributed by atoms with Crippen LogP contribution in [0.2, 0.25) is 0 Å². The number of ether oxygens (including phenoxy) is 2. The van der Waals surface area contributed by atoms with Gasteiger partial charge in [-0.3, -0.25) is 4.79 Å². The first kappa shape index (κ1) is 16.8. The molecule has 1 amide bonds. The normalized spacial score (nSPS) is 10.9. The molecule has 1 aromatic carbocycles. The van der Waals surface area contributed by atoms with Crippen LogP contribution in [0.1, 0.15) is 19.9 Å². The Balaban J connectivity index is 1.71. The van der Waals surface area contributed by atoms with Crippen LogP contribution < -0.4 is 14.8 Å². The molecule has 0 radical (unpaired) electrons. The number of nitrogens with zero attached hydrogens (tertiary/aromatic N) is 2. The van der Waals surface area contributed by atoms with Crippen LogP contribution in [0.15, 0.2) is 48.8 Å². The number of nitrogens with one attached hydrogen (secondary N) is 1. The van der Waals surface area contributed by atoms with Crippen molar-refractivity contribution in [2.45, 2.75) is 19.9 Å². The number of carbonyl (C=O) groups is 1. The molecule has 130 valence electrons. The number of rotatable bonds is 6. The number of hydrogen-bond acceptors (Lipinski definition) is 4. The van der Waals surface area contributed by atoms with Crippen LogP contribution in [-0.2, 0) is 4.79 Å². The van der Waals surface area contributed by atoms with Gasteiger partial charge in [-0.15, -0.1) is 0 Å². The average molecular weight is 339 g/mol. The minimum absolute atomic E-state index is 0.0932. The Morgan fingerprint density at radius 1 is 1.24 bits per heavy atom. The molecule has 0 aliphatic heterocycles. The van der Waals surface area contributed by atoms with E-state index in [0.717, 1.165) is 10.9 Å². The minimum Gasteiger partial charge on any atom is -0.483 e. The van der Waals surface area contributed by atoms with E-state index in [9.17, 15) is 4.79 Å². The van der Waals surface area contributed by atoms with Gasteiger partial charge in [-0.05, 0) is 44.2 Å². The number of amides is 1. The molecule has 2 heterocycles. The van der Waals surface area contributed by atoms with Crippen molar-refractivity contribution >= 4 is 22.5 Å². The van der Waals surface area contributed by atoms with Gasteiger partial charge < -0.3 is 19.4 Å². The van der Waals surface area contributed by atoms with E-state index in [1.54, 1.807) is 18.3 Å². The lowest BCUT2D eigenvalue weighted by atomic mass is 10.2. The number of fused-ring (bicyclic) bond motifs is 1. The first-order valence-electron chi connectivity index (χ1n) is 8.11. The fourth-order valence-corrected chi connectivity index (χ4v) is 2.71. The van der Waals surface area contributed by atoms with E-state index in [1.165, 1.54) is 7.11 Å². The Morgan fingerprint density at radius 2 is 2.08 bits per heavy atom.